The van der Waals surface area contributed by atoms with Crippen molar-refractivity contribution in [2.24, 2.45) is 15.2 Å². The van der Waals surface area contributed by atoms with Crippen LogP contribution in [0.15, 0.2) is 86.6 Å². The highest BCUT2D eigenvalue weighted by atomic mass is 32.2. The van der Waals surface area contributed by atoms with Gasteiger partial charge in [-0.1, -0.05) is 12.2 Å². The van der Waals surface area contributed by atoms with E-state index in [-0.39, 0.29) is 22.0 Å². The van der Waals surface area contributed by atoms with Gasteiger partial charge in [0.05, 0.1) is 41.7 Å². The van der Waals surface area contributed by atoms with Gasteiger partial charge in [-0.2, -0.15) is 10.2 Å². The van der Waals surface area contributed by atoms with Gasteiger partial charge in [0, 0.05) is 0 Å². The highest BCUT2D eigenvalue weighted by molar-refractivity contribution is 7.89. The number of amides is 1. The number of nitrogens with zero attached hydrogens (tertiary/aromatic N) is 3. The number of allylic oxidation sites excluding steroid dienone is 3. The van der Waals surface area contributed by atoms with Gasteiger partial charge in [-0.3, -0.25) is 9.52 Å². The van der Waals surface area contributed by atoms with Crippen molar-refractivity contribution in [3.63, 3.8) is 0 Å². The molecule has 0 aromatic heterocycles. The monoisotopic (exact) mass is 517 g/mol. The van der Waals surface area contributed by atoms with E-state index in [1.807, 2.05) is 0 Å². The van der Waals surface area contributed by atoms with Crippen LogP contribution < -0.4 is 10.0 Å². The number of hydrogen-bond donors (Lipinski definition) is 6. The molecule has 0 heterocycles. The Morgan fingerprint density at radius 2 is 1.61 bits per heavy atom. The first-order valence-corrected chi connectivity index (χ1v) is 11.9. The summed E-state index contributed by atoms with van der Waals surface area (Å²) in [5.41, 5.74) is -1.42. The molecular formula is C23H27N5O7S. The molecule has 0 aliphatic rings. The van der Waals surface area contributed by atoms with Crippen LogP contribution >= 0.6 is 0 Å². The van der Waals surface area contributed by atoms with Crippen LogP contribution in [0.2, 0.25) is 0 Å². The molecule has 2 aromatic rings. The van der Waals surface area contributed by atoms with Crippen LogP contribution in [0, 0.1) is 0 Å². The molecule has 0 spiro atoms. The molecule has 192 valence electrons. The minimum Gasteiger partial charge on any atom is -0.507 e. The van der Waals surface area contributed by atoms with Crippen LogP contribution in [0.25, 0.3) is 0 Å². The molecule has 2 rings (SSSR count). The smallest absolute Gasteiger partial charge is 0.263 e. The molecule has 13 heteroatoms. The summed E-state index contributed by atoms with van der Waals surface area (Å²) in [5.74, 6) is -1.20. The normalized spacial score (nSPS) is 12.7. The molecule has 12 nitrogen and oxygen atoms in total. The van der Waals surface area contributed by atoms with Crippen molar-refractivity contribution >= 4 is 34.0 Å². The number of aliphatic hydroxyl groups is 3. The maximum atomic E-state index is 12.5. The Bertz CT molecular complexity index is 1260. The summed E-state index contributed by atoms with van der Waals surface area (Å²) in [4.78, 5) is 16.1. The minimum atomic E-state index is -3.91. The number of phenols is 1. The van der Waals surface area contributed by atoms with E-state index < -0.39 is 47.0 Å². The molecule has 0 aliphatic heterocycles. The van der Waals surface area contributed by atoms with Gasteiger partial charge in [0.1, 0.15) is 17.1 Å². The number of aliphatic hydroxyl groups excluding tert-OH is 3. The Morgan fingerprint density at radius 1 is 1.03 bits per heavy atom. The van der Waals surface area contributed by atoms with E-state index in [1.165, 1.54) is 48.5 Å². The number of phenolic OH excluding ortho intramolecular Hbond substituents is 1. The molecule has 0 fully saturated rings. The van der Waals surface area contributed by atoms with Crippen LogP contribution in [0.4, 0.5) is 11.4 Å². The predicted octanol–water partition coefficient (Wildman–Crippen LogP) is 1.65. The largest absolute Gasteiger partial charge is 0.507 e. The fourth-order valence-electron chi connectivity index (χ4n) is 2.66. The summed E-state index contributed by atoms with van der Waals surface area (Å²) in [6.45, 7) is 2.90. The van der Waals surface area contributed by atoms with E-state index in [1.54, 1.807) is 19.1 Å². The Labute approximate surface area is 208 Å². The van der Waals surface area contributed by atoms with Crippen molar-refractivity contribution in [2.45, 2.75) is 17.4 Å². The van der Waals surface area contributed by atoms with Gasteiger partial charge in [0.2, 0.25) is 0 Å². The Kier molecular flexibility index (Phi) is 9.99. The Morgan fingerprint density at radius 3 is 2.17 bits per heavy atom. The SMILES string of the molecule is C=N/C(=C\C=C/C)NS(=O)(=O)c1ccc(/N=N/c2ccc(O)c(C(=O)NC(CO)(CO)CO)c2)cc1. The number of nitrogens with one attached hydrogen (secondary N) is 2. The number of azo groups is 1. The summed E-state index contributed by atoms with van der Waals surface area (Å²) >= 11 is 0. The number of carbonyl (C=O) groups is 1. The maximum Gasteiger partial charge on any atom is 0.263 e. The van der Waals surface area contributed by atoms with Gasteiger partial charge in [-0.25, -0.2) is 13.4 Å². The lowest BCUT2D eigenvalue weighted by Gasteiger charge is -2.28. The van der Waals surface area contributed by atoms with Crippen LogP contribution in [-0.2, 0) is 10.0 Å². The second-order valence-electron chi connectivity index (χ2n) is 7.45. The van der Waals surface area contributed by atoms with Gasteiger partial charge in [-0.15, -0.1) is 0 Å². The number of benzene rings is 2. The lowest BCUT2D eigenvalue weighted by molar-refractivity contribution is 0.0374. The predicted molar refractivity (Wildman–Crippen MR) is 133 cm³/mol. The van der Waals surface area contributed by atoms with Gasteiger partial charge < -0.3 is 25.7 Å². The highest BCUT2D eigenvalue weighted by Gasteiger charge is 2.31. The summed E-state index contributed by atoms with van der Waals surface area (Å²) in [7, 11) is -3.91. The van der Waals surface area contributed by atoms with Crippen molar-refractivity contribution in [2.75, 3.05) is 19.8 Å². The third-order valence-electron chi connectivity index (χ3n) is 4.80. The second-order valence-corrected chi connectivity index (χ2v) is 9.13. The van der Waals surface area contributed by atoms with Gasteiger partial charge in [0.25, 0.3) is 15.9 Å². The van der Waals surface area contributed by atoms with E-state index in [0.717, 1.165) is 0 Å². The average molecular weight is 518 g/mol. The van der Waals surface area contributed by atoms with Crippen LogP contribution in [0.1, 0.15) is 17.3 Å². The van der Waals surface area contributed by atoms with Crippen molar-refractivity contribution in [1.29, 1.82) is 0 Å². The average Bonchev–Trinajstić information content (AvgIpc) is 2.89. The van der Waals surface area contributed by atoms with Crippen molar-refractivity contribution < 1.29 is 33.6 Å². The zero-order valence-electron chi connectivity index (χ0n) is 19.4. The fourth-order valence-corrected chi connectivity index (χ4v) is 3.68. The summed E-state index contributed by atoms with van der Waals surface area (Å²) in [6, 6.07) is 9.28. The summed E-state index contributed by atoms with van der Waals surface area (Å²) < 4.78 is 27.4. The number of sulfonamides is 1. The molecule has 0 bridgehead atoms. The zero-order chi connectivity index (χ0) is 26.8. The van der Waals surface area contributed by atoms with E-state index in [4.69, 9.17) is 0 Å². The van der Waals surface area contributed by atoms with E-state index in [2.05, 4.69) is 32.0 Å². The van der Waals surface area contributed by atoms with Crippen LogP contribution in [0.5, 0.6) is 5.75 Å². The number of carbonyl (C=O) groups excluding carboxylic acids is 1. The fraction of sp³-hybridized carbons (Fsp3) is 0.217. The summed E-state index contributed by atoms with van der Waals surface area (Å²) in [6.07, 6.45) is 4.77. The molecule has 0 saturated heterocycles. The molecule has 36 heavy (non-hydrogen) atoms. The van der Waals surface area contributed by atoms with Crippen molar-refractivity contribution in [3.05, 3.63) is 72.1 Å². The van der Waals surface area contributed by atoms with E-state index >= 15 is 0 Å². The van der Waals surface area contributed by atoms with Gasteiger partial charge in [0.15, 0.2) is 0 Å². The zero-order valence-corrected chi connectivity index (χ0v) is 20.2. The van der Waals surface area contributed by atoms with Crippen molar-refractivity contribution in [1.82, 2.24) is 10.0 Å². The van der Waals surface area contributed by atoms with E-state index in [9.17, 15) is 33.6 Å². The van der Waals surface area contributed by atoms with Crippen LogP contribution in [0.3, 0.4) is 0 Å². The molecule has 6 N–H and O–H groups in total. The summed E-state index contributed by atoms with van der Waals surface area (Å²) in [5, 5.41) is 48.4. The van der Waals surface area contributed by atoms with Gasteiger partial charge >= 0.3 is 0 Å². The first kappa shape index (κ1) is 28.3. The molecule has 1 amide bonds. The third-order valence-corrected chi connectivity index (χ3v) is 6.17. The molecule has 0 unspecified atom stereocenters. The van der Waals surface area contributed by atoms with E-state index in [0.29, 0.717) is 5.69 Å². The molecule has 0 saturated carbocycles. The van der Waals surface area contributed by atoms with Crippen LogP contribution in [-0.4, -0.2) is 66.8 Å². The minimum absolute atomic E-state index is 0.0415. The first-order valence-electron chi connectivity index (χ1n) is 10.5. The van der Waals surface area contributed by atoms with Crippen molar-refractivity contribution in [3.8, 4) is 5.75 Å². The second kappa shape index (κ2) is 12.7. The molecule has 2 aromatic carbocycles. The number of hydrogen-bond acceptors (Lipinski definition) is 10. The Balaban J connectivity index is 2.21. The highest BCUT2D eigenvalue weighted by Crippen LogP contribution is 2.26. The maximum absolute atomic E-state index is 12.5. The first-order chi connectivity index (χ1) is 17.1. The number of aliphatic imine (C=N–C) groups is 1. The quantitative estimate of drug-likeness (QED) is 0.140. The molecule has 0 atom stereocenters. The van der Waals surface area contributed by atoms with Gasteiger partial charge in [-0.05, 0) is 62.2 Å². The Hall–Kier alpha value is -3.91. The molecule has 0 aliphatic carbocycles. The molecular weight excluding hydrogens is 490 g/mol. The lowest BCUT2D eigenvalue weighted by atomic mass is 10.0. The molecule has 0 radical (unpaired) electrons. The lowest BCUT2D eigenvalue weighted by Crippen LogP contribution is -2.57. The third kappa shape index (κ3) is 7.29. The number of aromatic hydroxyl groups is 1. The topological polar surface area (TPSA) is 193 Å². The number of rotatable bonds is 12. The standard InChI is InChI=1S/C23H27N5O7S/c1-3-4-5-21(24-2)28-36(34,35)18-9-6-16(7-10-18)26-27-17-8-11-20(32)19(12-17)22(33)25-23(13-29,14-30)15-31/h3-12,28-32H,2,13-15H2,1H3,(H,25,33)/b4-3-,21-5+,27-26+.